The van der Waals surface area contributed by atoms with Crippen molar-refractivity contribution in [3.8, 4) is 5.75 Å². The zero-order valence-corrected chi connectivity index (χ0v) is 14.0. The Bertz CT molecular complexity index is 802. The Balaban J connectivity index is 1.39. The van der Waals surface area contributed by atoms with Crippen LogP contribution in [-0.4, -0.2) is 47.0 Å². The Morgan fingerprint density at radius 3 is 2.79 bits per heavy atom. The predicted molar refractivity (Wildman–Crippen MR) is 94.4 cm³/mol. The van der Waals surface area contributed by atoms with Gasteiger partial charge in [0, 0.05) is 5.75 Å². The van der Waals surface area contributed by atoms with Crippen molar-refractivity contribution in [2.75, 3.05) is 24.7 Å². The highest BCUT2D eigenvalue weighted by Gasteiger charge is 2.52. The van der Waals surface area contributed by atoms with Crippen molar-refractivity contribution in [3.05, 3.63) is 42.5 Å². The average molecular weight is 342 g/mol. The molecule has 0 radical (unpaired) electrons. The molecule has 6 heteroatoms. The number of ether oxygens (including phenoxy) is 1. The highest BCUT2D eigenvalue weighted by Crippen LogP contribution is 2.33. The van der Waals surface area contributed by atoms with Gasteiger partial charge in [0.25, 0.3) is 5.91 Å². The summed E-state index contributed by atoms with van der Waals surface area (Å²) in [5.74, 6) is 2.21. The second-order valence-electron chi connectivity index (χ2n) is 6.13. The topological polar surface area (TPSA) is 58.6 Å². The van der Waals surface area contributed by atoms with Crippen LogP contribution in [0.5, 0.6) is 5.75 Å². The molecule has 124 valence electrons. The molecule has 0 saturated carbocycles. The number of fused-ring (bicyclic) bond motifs is 1. The Labute approximate surface area is 144 Å². The Morgan fingerprint density at radius 1 is 1.17 bits per heavy atom. The lowest BCUT2D eigenvalue weighted by molar-refractivity contribution is -0.130. The minimum atomic E-state index is -0.676. The van der Waals surface area contributed by atoms with Crippen LogP contribution in [0, 0.1) is 0 Å². The lowest BCUT2D eigenvalue weighted by Crippen LogP contribution is -2.47. The summed E-state index contributed by atoms with van der Waals surface area (Å²) in [6, 6.07) is 13.6. The summed E-state index contributed by atoms with van der Waals surface area (Å²) in [6.45, 7) is 0.560. The summed E-state index contributed by atoms with van der Waals surface area (Å²) < 4.78 is 5.74. The minimum Gasteiger partial charge on any atom is -0.492 e. The number of nitrogens with zero attached hydrogens (tertiary/aromatic N) is 1. The van der Waals surface area contributed by atoms with Gasteiger partial charge in [-0.25, -0.2) is 4.79 Å². The van der Waals surface area contributed by atoms with Crippen molar-refractivity contribution in [1.82, 2.24) is 10.2 Å². The highest BCUT2D eigenvalue weighted by atomic mass is 32.2. The van der Waals surface area contributed by atoms with Gasteiger partial charge in [-0.2, -0.15) is 11.8 Å². The van der Waals surface area contributed by atoms with Gasteiger partial charge in [0.1, 0.15) is 17.9 Å². The fourth-order valence-electron chi connectivity index (χ4n) is 3.22. The van der Waals surface area contributed by atoms with Gasteiger partial charge in [0.2, 0.25) is 0 Å². The van der Waals surface area contributed by atoms with Gasteiger partial charge < -0.3 is 10.1 Å². The number of urea groups is 1. The van der Waals surface area contributed by atoms with Crippen molar-refractivity contribution in [2.24, 2.45) is 0 Å². The largest absolute Gasteiger partial charge is 0.492 e. The van der Waals surface area contributed by atoms with Crippen LogP contribution in [-0.2, 0) is 4.79 Å². The van der Waals surface area contributed by atoms with Crippen LogP contribution in [0.2, 0.25) is 0 Å². The molecule has 0 aliphatic carbocycles. The van der Waals surface area contributed by atoms with E-state index < -0.39 is 5.54 Å². The number of amides is 3. The van der Waals surface area contributed by atoms with Gasteiger partial charge >= 0.3 is 6.03 Å². The first-order chi connectivity index (χ1) is 11.7. The van der Waals surface area contributed by atoms with Crippen molar-refractivity contribution in [2.45, 2.75) is 12.0 Å². The van der Waals surface area contributed by atoms with Crippen LogP contribution in [0.1, 0.15) is 6.42 Å². The van der Waals surface area contributed by atoms with Crippen LogP contribution in [0.3, 0.4) is 0 Å². The molecular weight excluding hydrogens is 324 g/mol. The molecule has 0 aromatic heterocycles. The zero-order valence-electron chi connectivity index (χ0n) is 13.2. The molecule has 4 rings (SSSR count). The molecule has 2 saturated heterocycles. The van der Waals surface area contributed by atoms with Crippen molar-refractivity contribution >= 4 is 34.5 Å². The van der Waals surface area contributed by atoms with Gasteiger partial charge in [0.15, 0.2) is 0 Å². The molecule has 1 spiro atoms. The molecule has 24 heavy (non-hydrogen) atoms. The van der Waals surface area contributed by atoms with E-state index in [0.717, 1.165) is 22.3 Å². The molecule has 5 nitrogen and oxygen atoms in total. The molecule has 1 N–H and O–H groups in total. The third-order valence-electron chi connectivity index (χ3n) is 4.57. The fraction of sp³-hybridized carbons (Fsp3) is 0.333. The Morgan fingerprint density at radius 2 is 2.00 bits per heavy atom. The second kappa shape index (κ2) is 6.02. The Kier molecular flexibility index (Phi) is 3.84. The molecular formula is C18H18N2O3S. The average Bonchev–Trinajstić information content (AvgIpc) is 3.15. The molecule has 2 aliphatic rings. The first-order valence-corrected chi connectivity index (χ1v) is 9.17. The Hall–Kier alpha value is -2.21. The molecule has 2 aromatic carbocycles. The maximum Gasteiger partial charge on any atom is 0.325 e. The van der Waals surface area contributed by atoms with E-state index in [2.05, 4.69) is 5.32 Å². The first kappa shape index (κ1) is 15.3. The normalized spacial score (nSPS) is 23.2. The number of thioether (sulfide) groups is 1. The molecule has 2 fully saturated rings. The van der Waals surface area contributed by atoms with Crippen molar-refractivity contribution < 1.29 is 14.3 Å². The molecule has 2 heterocycles. The van der Waals surface area contributed by atoms with E-state index in [-0.39, 0.29) is 18.5 Å². The van der Waals surface area contributed by atoms with Crippen LogP contribution in [0.4, 0.5) is 4.79 Å². The van der Waals surface area contributed by atoms with E-state index in [9.17, 15) is 9.59 Å². The van der Waals surface area contributed by atoms with E-state index in [1.54, 1.807) is 11.8 Å². The van der Waals surface area contributed by atoms with Crippen molar-refractivity contribution in [1.29, 1.82) is 0 Å². The maximum atomic E-state index is 12.5. The van der Waals surface area contributed by atoms with Gasteiger partial charge in [-0.15, -0.1) is 0 Å². The van der Waals surface area contributed by atoms with E-state index in [1.165, 1.54) is 4.90 Å². The molecule has 3 amide bonds. The number of benzene rings is 2. The van der Waals surface area contributed by atoms with Gasteiger partial charge in [-0.05, 0) is 35.1 Å². The third kappa shape index (κ3) is 2.60. The van der Waals surface area contributed by atoms with Crippen LogP contribution in [0.15, 0.2) is 42.5 Å². The number of nitrogens with one attached hydrogen (secondary N) is 1. The van der Waals surface area contributed by atoms with Crippen LogP contribution >= 0.6 is 11.8 Å². The lowest BCUT2D eigenvalue weighted by Gasteiger charge is -2.19. The SMILES string of the molecule is O=C1NC2(CCSC2)C(=O)N1CCOc1ccc2ccccc2c1. The predicted octanol–water partition coefficient (Wildman–Crippen LogP) is 2.65. The standard InChI is InChI=1S/C18H18N2O3S/c21-16-18(7-10-24-12-18)19-17(22)20(16)8-9-23-15-6-5-13-3-1-2-4-14(13)11-15/h1-6,11H,7-10,12H2,(H,19,22). The maximum absolute atomic E-state index is 12.5. The zero-order chi connectivity index (χ0) is 16.6. The first-order valence-electron chi connectivity index (χ1n) is 8.01. The van der Waals surface area contributed by atoms with Gasteiger partial charge in [-0.3, -0.25) is 9.69 Å². The fourth-order valence-corrected chi connectivity index (χ4v) is 4.55. The van der Waals surface area contributed by atoms with Gasteiger partial charge in [0.05, 0.1) is 6.54 Å². The van der Waals surface area contributed by atoms with Crippen LogP contribution in [0.25, 0.3) is 10.8 Å². The van der Waals surface area contributed by atoms with E-state index in [4.69, 9.17) is 4.74 Å². The summed E-state index contributed by atoms with van der Waals surface area (Å²) in [7, 11) is 0. The van der Waals surface area contributed by atoms with E-state index >= 15 is 0 Å². The number of carbonyl (C=O) groups is 2. The molecule has 0 bridgehead atoms. The molecule has 2 aromatic rings. The summed E-state index contributed by atoms with van der Waals surface area (Å²) in [6.07, 6.45) is 0.713. The highest BCUT2D eigenvalue weighted by molar-refractivity contribution is 7.99. The lowest BCUT2D eigenvalue weighted by atomic mass is 9.99. The smallest absolute Gasteiger partial charge is 0.325 e. The van der Waals surface area contributed by atoms with E-state index in [0.29, 0.717) is 18.8 Å². The number of hydrogen-bond acceptors (Lipinski definition) is 4. The van der Waals surface area contributed by atoms with Crippen LogP contribution < -0.4 is 10.1 Å². The number of carbonyl (C=O) groups excluding carboxylic acids is 2. The number of rotatable bonds is 4. The molecule has 1 unspecified atom stereocenters. The summed E-state index contributed by atoms with van der Waals surface area (Å²) in [5.41, 5.74) is -0.676. The quantitative estimate of drug-likeness (QED) is 0.868. The molecule has 2 aliphatic heterocycles. The molecule has 1 atom stereocenters. The number of hydrogen-bond donors (Lipinski definition) is 1. The summed E-state index contributed by atoms with van der Waals surface area (Å²) >= 11 is 1.71. The minimum absolute atomic E-state index is 0.111. The third-order valence-corrected chi connectivity index (χ3v) is 5.76. The number of imide groups is 1. The summed E-state index contributed by atoms with van der Waals surface area (Å²) in [4.78, 5) is 25.9. The van der Waals surface area contributed by atoms with Gasteiger partial charge in [-0.1, -0.05) is 30.3 Å². The monoisotopic (exact) mass is 342 g/mol. The van der Waals surface area contributed by atoms with E-state index in [1.807, 2.05) is 42.5 Å². The summed E-state index contributed by atoms with van der Waals surface area (Å²) in [5, 5.41) is 5.12. The van der Waals surface area contributed by atoms with Crippen molar-refractivity contribution in [3.63, 3.8) is 0 Å². The second-order valence-corrected chi connectivity index (χ2v) is 7.23.